The van der Waals surface area contributed by atoms with Gasteiger partial charge in [-0.05, 0) is 5.56 Å². The van der Waals surface area contributed by atoms with Crippen LogP contribution in [-0.2, 0) is 14.4 Å². The summed E-state index contributed by atoms with van der Waals surface area (Å²) >= 11 is 1.49. The van der Waals surface area contributed by atoms with E-state index in [1.54, 1.807) is 4.90 Å². The Morgan fingerprint density at radius 3 is 2.57 bits per heavy atom. The van der Waals surface area contributed by atoms with Gasteiger partial charge in [0.1, 0.15) is 6.54 Å². The molecule has 0 spiro atoms. The predicted octanol–water partition coefficient (Wildman–Crippen LogP) is 0.846. The van der Waals surface area contributed by atoms with E-state index in [-0.39, 0.29) is 30.8 Å². The fourth-order valence-electron chi connectivity index (χ4n) is 3.10. The molecule has 2 heterocycles. The number of hydrogen-bond donors (Lipinski definition) is 1. The molecule has 1 aromatic carbocycles. The minimum absolute atomic E-state index is 0.0306. The number of carboxylic acid groups (broad SMARTS) is 1. The first kappa shape index (κ1) is 15.9. The molecule has 2 aliphatic heterocycles. The zero-order chi connectivity index (χ0) is 16.4. The smallest absolute Gasteiger partial charge is 0.308 e. The lowest BCUT2D eigenvalue weighted by Crippen LogP contribution is -2.40. The largest absolute Gasteiger partial charge is 0.481 e. The molecule has 0 aliphatic carbocycles. The third-order valence-electron chi connectivity index (χ3n) is 4.37. The topological polar surface area (TPSA) is 77.9 Å². The Hall–Kier alpha value is -2.02. The second-order valence-electron chi connectivity index (χ2n) is 5.83. The van der Waals surface area contributed by atoms with E-state index in [0.717, 1.165) is 5.56 Å². The molecule has 23 heavy (non-hydrogen) atoms. The lowest BCUT2D eigenvalue weighted by atomic mass is 9.89. The number of likely N-dealkylation sites (tertiary alicyclic amines) is 1. The lowest BCUT2D eigenvalue weighted by molar-refractivity contribution is -0.142. The number of carboxylic acids is 1. The maximum Gasteiger partial charge on any atom is 0.308 e. The third kappa shape index (κ3) is 3.34. The summed E-state index contributed by atoms with van der Waals surface area (Å²) in [4.78, 5) is 38.7. The van der Waals surface area contributed by atoms with E-state index in [2.05, 4.69) is 0 Å². The Bertz CT molecular complexity index is 622. The van der Waals surface area contributed by atoms with Gasteiger partial charge >= 0.3 is 5.97 Å². The SMILES string of the molecule is O=C(O)C1CN(C(=O)CN2CSCC2=O)CC1c1ccccc1. The summed E-state index contributed by atoms with van der Waals surface area (Å²) in [5.41, 5.74) is 0.933. The van der Waals surface area contributed by atoms with Gasteiger partial charge in [0.25, 0.3) is 0 Å². The second kappa shape index (κ2) is 6.62. The van der Waals surface area contributed by atoms with Gasteiger partial charge in [0.15, 0.2) is 0 Å². The zero-order valence-electron chi connectivity index (χ0n) is 12.6. The van der Waals surface area contributed by atoms with Crippen molar-refractivity contribution in [2.75, 3.05) is 31.3 Å². The van der Waals surface area contributed by atoms with Gasteiger partial charge in [0, 0.05) is 19.0 Å². The van der Waals surface area contributed by atoms with E-state index in [1.165, 1.54) is 16.7 Å². The number of carbonyl (C=O) groups is 3. The Balaban J connectivity index is 1.71. The summed E-state index contributed by atoms with van der Waals surface area (Å²) < 4.78 is 0. The molecular formula is C16H18N2O4S. The molecule has 3 rings (SSSR count). The Labute approximate surface area is 138 Å². The molecule has 1 N–H and O–H groups in total. The molecule has 2 aliphatic rings. The quantitative estimate of drug-likeness (QED) is 0.883. The number of carbonyl (C=O) groups excluding carboxylic acids is 2. The number of nitrogens with zero attached hydrogens (tertiary/aromatic N) is 2. The number of amides is 2. The van der Waals surface area contributed by atoms with Crippen LogP contribution in [0.15, 0.2) is 30.3 Å². The van der Waals surface area contributed by atoms with Crippen molar-refractivity contribution in [1.82, 2.24) is 9.80 Å². The van der Waals surface area contributed by atoms with Gasteiger partial charge < -0.3 is 14.9 Å². The summed E-state index contributed by atoms with van der Waals surface area (Å²) in [6.07, 6.45) is 0. The zero-order valence-corrected chi connectivity index (χ0v) is 13.4. The van der Waals surface area contributed by atoms with Crippen LogP contribution in [0.2, 0.25) is 0 Å². The van der Waals surface area contributed by atoms with E-state index in [9.17, 15) is 19.5 Å². The molecule has 2 atom stereocenters. The van der Waals surface area contributed by atoms with Crippen LogP contribution in [0.5, 0.6) is 0 Å². The number of thioether (sulfide) groups is 1. The molecule has 2 amide bonds. The van der Waals surface area contributed by atoms with Gasteiger partial charge in [-0.3, -0.25) is 14.4 Å². The highest BCUT2D eigenvalue weighted by atomic mass is 32.2. The van der Waals surface area contributed by atoms with E-state index in [4.69, 9.17) is 0 Å². The molecule has 7 heteroatoms. The number of benzene rings is 1. The summed E-state index contributed by atoms with van der Waals surface area (Å²) in [5, 5.41) is 9.46. The minimum atomic E-state index is -0.887. The molecular weight excluding hydrogens is 316 g/mol. The van der Waals surface area contributed by atoms with Gasteiger partial charge in [0.05, 0.1) is 17.5 Å². The van der Waals surface area contributed by atoms with Crippen molar-refractivity contribution in [2.45, 2.75) is 5.92 Å². The lowest BCUT2D eigenvalue weighted by Gasteiger charge is -2.20. The van der Waals surface area contributed by atoms with Crippen LogP contribution in [0.25, 0.3) is 0 Å². The van der Waals surface area contributed by atoms with Gasteiger partial charge in [-0.2, -0.15) is 0 Å². The Morgan fingerprint density at radius 2 is 1.96 bits per heavy atom. The summed E-state index contributed by atoms with van der Waals surface area (Å²) in [5.74, 6) is -0.962. The van der Waals surface area contributed by atoms with Crippen molar-refractivity contribution in [2.24, 2.45) is 5.92 Å². The van der Waals surface area contributed by atoms with Crippen molar-refractivity contribution in [3.8, 4) is 0 Å². The monoisotopic (exact) mass is 334 g/mol. The van der Waals surface area contributed by atoms with Crippen molar-refractivity contribution in [3.05, 3.63) is 35.9 Å². The fourth-order valence-corrected chi connectivity index (χ4v) is 4.00. The molecule has 0 saturated carbocycles. The third-order valence-corrected chi connectivity index (χ3v) is 5.31. The molecule has 6 nitrogen and oxygen atoms in total. The van der Waals surface area contributed by atoms with E-state index in [0.29, 0.717) is 18.2 Å². The standard InChI is InChI=1S/C16H18N2O4S/c19-14(8-18-10-23-9-15(18)20)17-6-12(13(7-17)16(21)22)11-4-2-1-3-5-11/h1-5,12-13H,6-10H2,(H,21,22). The highest BCUT2D eigenvalue weighted by Crippen LogP contribution is 2.33. The number of aliphatic carboxylic acids is 1. The van der Waals surface area contributed by atoms with E-state index < -0.39 is 11.9 Å². The van der Waals surface area contributed by atoms with Crippen LogP contribution in [0.3, 0.4) is 0 Å². The fraction of sp³-hybridized carbons (Fsp3) is 0.438. The van der Waals surface area contributed by atoms with Gasteiger partial charge in [-0.1, -0.05) is 30.3 Å². The van der Waals surface area contributed by atoms with Gasteiger partial charge in [-0.25, -0.2) is 0 Å². The van der Waals surface area contributed by atoms with Crippen LogP contribution in [0, 0.1) is 5.92 Å². The van der Waals surface area contributed by atoms with Gasteiger partial charge in [0.2, 0.25) is 11.8 Å². The molecule has 2 saturated heterocycles. The van der Waals surface area contributed by atoms with Gasteiger partial charge in [-0.15, -0.1) is 11.8 Å². The maximum atomic E-state index is 12.4. The van der Waals surface area contributed by atoms with Crippen LogP contribution in [-0.4, -0.2) is 64.0 Å². The van der Waals surface area contributed by atoms with Crippen LogP contribution in [0.1, 0.15) is 11.5 Å². The molecule has 2 fully saturated rings. The molecule has 2 unspecified atom stereocenters. The highest BCUT2D eigenvalue weighted by Gasteiger charge is 2.41. The molecule has 0 aromatic heterocycles. The summed E-state index contributed by atoms with van der Waals surface area (Å²) in [6.45, 7) is 0.623. The maximum absolute atomic E-state index is 12.4. The Morgan fingerprint density at radius 1 is 1.22 bits per heavy atom. The van der Waals surface area contributed by atoms with Crippen molar-refractivity contribution in [3.63, 3.8) is 0 Å². The predicted molar refractivity (Wildman–Crippen MR) is 85.9 cm³/mol. The van der Waals surface area contributed by atoms with Crippen LogP contribution in [0.4, 0.5) is 0 Å². The first-order chi connectivity index (χ1) is 11.1. The Kier molecular flexibility index (Phi) is 4.56. The summed E-state index contributed by atoms with van der Waals surface area (Å²) in [7, 11) is 0. The van der Waals surface area contributed by atoms with Crippen molar-refractivity contribution in [1.29, 1.82) is 0 Å². The minimum Gasteiger partial charge on any atom is -0.481 e. The molecule has 0 bridgehead atoms. The summed E-state index contributed by atoms with van der Waals surface area (Å²) in [6, 6.07) is 9.43. The number of hydrogen-bond acceptors (Lipinski definition) is 4. The van der Waals surface area contributed by atoms with Crippen LogP contribution < -0.4 is 0 Å². The van der Waals surface area contributed by atoms with Crippen molar-refractivity contribution < 1.29 is 19.5 Å². The first-order valence-electron chi connectivity index (χ1n) is 7.47. The van der Waals surface area contributed by atoms with Crippen molar-refractivity contribution >= 4 is 29.5 Å². The average Bonchev–Trinajstić information content (AvgIpc) is 3.15. The van der Waals surface area contributed by atoms with E-state index >= 15 is 0 Å². The molecule has 1 aromatic rings. The van der Waals surface area contributed by atoms with E-state index in [1.807, 2.05) is 30.3 Å². The molecule has 0 radical (unpaired) electrons. The first-order valence-corrected chi connectivity index (χ1v) is 8.63. The normalized spacial score (nSPS) is 24.3. The van der Waals surface area contributed by atoms with Crippen LogP contribution >= 0.6 is 11.8 Å². The highest BCUT2D eigenvalue weighted by molar-refractivity contribution is 8.00. The average molecular weight is 334 g/mol. The number of rotatable bonds is 4. The molecule has 122 valence electrons. The second-order valence-corrected chi connectivity index (χ2v) is 6.78.